The number of rotatable bonds is 12. The summed E-state index contributed by atoms with van der Waals surface area (Å²) in [5.41, 5.74) is 9.81. The largest absolute Gasteiger partial charge is 0.351 e. The Morgan fingerprint density at radius 1 is 0.818 bits per heavy atom. The average molecular weight is 336 g/mol. The molecule has 0 bridgehead atoms. The molecule has 0 rings (SSSR count). The van der Waals surface area contributed by atoms with E-state index >= 15 is 0 Å². The predicted molar refractivity (Wildman–Crippen MR) is 104 cm³/mol. The standard InChI is InChI=1S/C12H26S.C3H7NO.C2H8N2/c1-2-3-4-5-6-7-8-9-10-11-12-13;1-4(2)3-5;3-1-2-4/h13H,2-12H2,1H3;3H,1-2H3;1-4H2. The van der Waals surface area contributed by atoms with E-state index in [0.29, 0.717) is 13.1 Å². The van der Waals surface area contributed by atoms with Crippen LogP contribution in [-0.4, -0.2) is 44.2 Å². The fraction of sp³-hybridized carbons (Fsp3) is 0.941. The van der Waals surface area contributed by atoms with Crippen LogP contribution in [0, 0.1) is 0 Å². The maximum absolute atomic E-state index is 9.43. The van der Waals surface area contributed by atoms with Gasteiger partial charge in [0, 0.05) is 27.2 Å². The summed E-state index contributed by atoms with van der Waals surface area (Å²) in [4.78, 5) is 10.9. The van der Waals surface area contributed by atoms with E-state index in [-0.39, 0.29) is 0 Å². The lowest BCUT2D eigenvalue weighted by atomic mass is 10.1. The van der Waals surface area contributed by atoms with Gasteiger partial charge in [0.05, 0.1) is 0 Å². The molecular weight excluding hydrogens is 294 g/mol. The Balaban J connectivity index is -0.000000330. The second-order valence-electron chi connectivity index (χ2n) is 5.55. The Bertz CT molecular complexity index is 169. The summed E-state index contributed by atoms with van der Waals surface area (Å²) < 4.78 is 0. The lowest BCUT2D eigenvalue weighted by Crippen LogP contribution is -2.11. The number of carbonyl (C=O) groups excluding carboxylic acids is 1. The van der Waals surface area contributed by atoms with E-state index in [2.05, 4.69) is 19.6 Å². The molecule has 0 aromatic heterocycles. The lowest BCUT2D eigenvalue weighted by molar-refractivity contribution is -0.115. The smallest absolute Gasteiger partial charge is 0.209 e. The Labute approximate surface area is 144 Å². The molecule has 0 aliphatic heterocycles. The van der Waals surface area contributed by atoms with Gasteiger partial charge in [-0.05, 0) is 12.2 Å². The van der Waals surface area contributed by atoms with Gasteiger partial charge in [-0.2, -0.15) is 12.6 Å². The first-order valence-electron chi connectivity index (χ1n) is 8.73. The molecular formula is C17H41N3OS. The van der Waals surface area contributed by atoms with Crippen LogP contribution < -0.4 is 11.5 Å². The van der Waals surface area contributed by atoms with Crippen molar-refractivity contribution in [3.8, 4) is 0 Å². The molecule has 0 saturated carbocycles. The van der Waals surface area contributed by atoms with E-state index in [9.17, 15) is 4.79 Å². The zero-order chi connectivity index (χ0) is 17.5. The number of hydrogen-bond donors (Lipinski definition) is 3. The van der Waals surface area contributed by atoms with Crippen molar-refractivity contribution in [2.45, 2.75) is 71.1 Å². The SMILES string of the molecule is CCCCCCCCCCCCS.CN(C)C=O.NCCN. The Hall–Kier alpha value is -0.260. The van der Waals surface area contributed by atoms with Crippen molar-refractivity contribution in [2.24, 2.45) is 11.5 Å². The summed E-state index contributed by atoms with van der Waals surface area (Å²) in [5, 5.41) is 0. The third kappa shape index (κ3) is 42.7. The molecule has 0 saturated heterocycles. The van der Waals surface area contributed by atoms with Crippen LogP contribution in [-0.2, 0) is 4.79 Å². The first kappa shape index (κ1) is 26.6. The van der Waals surface area contributed by atoms with Crippen LogP contribution in [0.4, 0.5) is 0 Å². The average Bonchev–Trinajstić information content (AvgIpc) is 2.54. The molecule has 0 unspecified atom stereocenters. The van der Waals surface area contributed by atoms with E-state index < -0.39 is 0 Å². The van der Waals surface area contributed by atoms with Gasteiger partial charge in [0.2, 0.25) is 6.41 Å². The number of amides is 1. The van der Waals surface area contributed by atoms with Crippen molar-refractivity contribution in [1.82, 2.24) is 4.90 Å². The van der Waals surface area contributed by atoms with Gasteiger partial charge in [-0.1, -0.05) is 64.7 Å². The molecule has 0 spiro atoms. The number of thiol groups is 1. The van der Waals surface area contributed by atoms with E-state index in [1.54, 1.807) is 14.1 Å². The minimum Gasteiger partial charge on any atom is -0.351 e. The Morgan fingerprint density at radius 3 is 1.36 bits per heavy atom. The molecule has 0 atom stereocenters. The van der Waals surface area contributed by atoms with E-state index in [0.717, 1.165) is 12.2 Å². The zero-order valence-electron chi connectivity index (χ0n) is 15.2. The van der Waals surface area contributed by atoms with Crippen molar-refractivity contribution in [3.05, 3.63) is 0 Å². The number of hydrogen-bond acceptors (Lipinski definition) is 4. The highest BCUT2D eigenvalue weighted by Crippen LogP contribution is 2.10. The molecule has 0 aromatic carbocycles. The number of nitrogens with two attached hydrogens (primary N) is 2. The molecule has 0 fully saturated rings. The summed E-state index contributed by atoms with van der Waals surface area (Å²) in [5.74, 6) is 1.07. The third-order valence-electron chi connectivity index (χ3n) is 2.89. The minimum absolute atomic E-state index is 0.597. The molecule has 0 heterocycles. The van der Waals surface area contributed by atoms with Gasteiger partial charge in [-0.15, -0.1) is 0 Å². The van der Waals surface area contributed by atoms with E-state index in [1.807, 2.05) is 0 Å². The summed E-state index contributed by atoms with van der Waals surface area (Å²) in [7, 11) is 3.38. The highest BCUT2D eigenvalue weighted by molar-refractivity contribution is 7.80. The topological polar surface area (TPSA) is 72.3 Å². The molecule has 136 valence electrons. The molecule has 0 aliphatic rings. The summed E-state index contributed by atoms with van der Waals surface area (Å²) >= 11 is 4.20. The molecule has 0 radical (unpaired) electrons. The number of unbranched alkanes of at least 4 members (excludes halogenated alkanes) is 9. The highest BCUT2D eigenvalue weighted by atomic mass is 32.1. The number of carbonyl (C=O) groups is 1. The maximum atomic E-state index is 9.43. The number of nitrogens with zero attached hydrogens (tertiary/aromatic N) is 1. The summed E-state index contributed by atoms with van der Waals surface area (Å²) in [6, 6.07) is 0. The minimum atomic E-state index is 0.597. The second-order valence-corrected chi connectivity index (χ2v) is 6.00. The molecule has 4 N–H and O–H groups in total. The molecule has 0 aliphatic carbocycles. The van der Waals surface area contributed by atoms with Gasteiger partial charge in [-0.3, -0.25) is 4.79 Å². The van der Waals surface area contributed by atoms with Crippen LogP contribution in [0.3, 0.4) is 0 Å². The van der Waals surface area contributed by atoms with Gasteiger partial charge in [0.15, 0.2) is 0 Å². The van der Waals surface area contributed by atoms with Crippen LogP contribution in [0.15, 0.2) is 0 Å². The van der Waals surface area contributed by atoms with Gasteiger partial charge < -0.3 is 16.4 Å². The van der Waals surface area contributed by atoms with Crippen LogP contribution in [0.25, 0.3) is 0 Å². The van der Waals surface area contributed by atoms with Crippen LogP contribution in [0.2, 0.25) is 0 Å². The van der Waals surface area contributed by atoms with Crippen molar-refractivity contribution in [3.63, 3.8) is 0 Å². The van der Waals surface area contributed by atoms with Crippen LogP contribution in [0.5, 0.6) is 0 Å². The highest BCUT2D eigenvalue weighted by Gasteiger charge is 1.91. The normalized spacial score (nSPS) is 9.18. The fourth-order valence-corrected chi connectivity index (χ4v) is 1.82. The molecule has 1 amide bonds. The zero-order valence-corrected chi connectivity index (χ0v) is 16.1. The van der Waals surface area contributed by atoms with Gasteiger partial charge in [0.1, 0.15) is 0 Å². The van der Waals surface area contributed by atoms with Gasteiger partial charge >= 0.3 is 0 Å². The van der Waals surface area contributed by atoms with Gasteiger partial charge in [0.25, 0.3) is 0 Å². The fourth-order valence-electron chi connectivity index (χ4n) is 1.60. The Kier molecular flexibility index (Phi) is 34.9. The quantitative estimate of drug-likeness (QED) is 0.290. The monoisotopic (exact) mass is 335 g/mol. The van der Waals surface area contributed by atoms with Crippen molar-refractivity contribution in [2.75, 3.05) is 32.9 Å². The molecule has 5 heteroatoms. The van der Waals surface area contributed by atoms with E-state index in [1.165, 1.54) is 69.1 Å². The Morgan fingerprint density at radius 2 is 1.14 bits per heavy atom. The van der Waals surface area contributed by atoms with E-state index in [4.69, 9.17) is 11.5 Å². The molecule has 4 nitrogen and oxygen atoms in total. The van der Waals surface area contributed by atoms with Crippen molar-refractivity contribution in [1.29, 1.82) is 0 Å². The first-order chi connectivity index (χ1) is 10.6. The molecule has 22 heavy (non-hydrogen) atoms. The lowest BCUT2D eigenvalue weighted by Gasteiger charge is -2.00. The predicted octanol–water partition coefficient (Wildman–Crippen LogP) is 3.45. The first-order valence-corrected chi connectivity index (χ1v) is 9.36. The summed E-state index contributed by atoms with van der Waals surface area (Å²) in [6.45, 7) is 3.47. The van der Waals surface area contributed by atoms with Crippen molar-refractivity contribution < 1.29 is 4.79 Å². The second kappa shape index (κ2) is 28.8. The summed E-state index contributed by atoms with van der Waals surface area (Å²) in [6.07, 6.45) is 14.9. The third-order valence-corrected chi connectivity index (χ3v) is 3.21. The van der Waals surface area contributed by atoms with Crippen molar-refractivity contribution >= 4 is 19.0 Å². The van der Waals surface area contributed by atoms with Crippen LogP contribution in [0.1, 0.15) is 71.1 Å². The maximum Gasteiger partial charge on any atom is 0.209 e. The van der Waals surface area contributed by atoms with Crippen LogP contribution >= 0.6 is 12.6 Å². The van der Waals surface area contributed by atoms with Gasteiger partial charge in [-0.25, -0.2) is 0 Å². The molecule has 0 aromatic rings.